The summed E-state index contributed by atoms with van der Waals surface area (Å²) >= 11 is 0. The van der Waals surface area contributed by atoms with E-state index in [0.717, 1.165) is 44.2 Å². The predicted molar refractivity (Wildman–Crippen MR) is 95.0 cm³/mol. The minimum atomic E-state index is -0.167. The summed E-state index contributed by atoms with van der Waals surface area (Å²) in [6.07, 6.45) is 6.91. The van der Waals surface area contributed by atoms with E-state index in [0.29, 0.717) is 29.1 Å². The number of pyridine rings is 1. The fraction of sp³-hybridized carbons (Fsp3) is 0.526. The highest BCUT2D eigenvalue weighted by Gasteiger charge is 2.39. The van der Waals surface area contributed by atoms with Crippen LogP contribution >= 0.6 is 0 Å². The van der Waals surface area contributed by atoms with Crippen LogP contribution in [0.1, 0.15) is 53.1 Å². The van der Waals surface area contributed by atoms with Crippen molar-refractivity contribution >= 4 is 22.8 Å². The Balaban J connectivity index is 1.34. The van der Waals surface area contributed by atoms with Gasteiger partial charge in [-0.25, -0.2) is 4.98 Å². The lowest BCUT2D eigenvalue weighted by Crippen LogP contribution is -2.43. The van der Waals surface area contributed by atoms with Crippen molar-refractivity contribution in [1.29, 1.82) is 0 Å². The van der Waals surface area contributed by atoms with E-state index in [2.05, 4.69) is 15.6 Å². The van der Waals surface area contributed by atoms with Crippen LogP contribution in [0.15, 0.2) is 22.7 Å². The number of hydrogen-bond donors (Lipinski definition) is 2. The highest BCUT2D eigenvalue weighted by atomic mass is 16.3. The highest BCUT2D eigenvalue weighted by Crippen LogP contribution is 2.28. The third-order valence-electron chi connectivity index (χ3n) is 5.86. The molecule has 2 amide bonds. The van der Waals surface area contributed by atoms with Crippen LogP contribution in [-0.2, 0) is 0 Å². The normalized spacial score (nSPS) is 27.4. The van der Waals surface area contributed by atoms with Gasteiger partial charge in [0.15, 0.2) is 11.3 Å². The van der Waals surface area contributed by atoms with Crippen molar-refractivity contribution in [3.63, 3.8) is 0 Å². The first-order valence-corrected chi connectivity index (χ1v) is 9.43. The van der Waals surface area contributed by atoms with Gasteiger partial charge in [-0.1, -0.05) is 0 Å². The van der Waals surface area contributed by atoms with Crippen LogP contribution < -0.4 is 10.6 Å². The van der Waals surface area contributed by atoms with Crippen molar-refractivity contribution in [2.24, 2.45) is 0 Å². The number of amides is 2. The van der Waals surface area contributed by atoms with E-state index in [4.69, 9.17) is 4.42 Å². The SMILES string of the molecule is O=C(N[C@@H]1C[C@H]2CC[C@@H]1N2)c1cc2cc(C(=O)N3CCCC3)oc2cn1. The molecule has 7 nitrogen and oxygen atoms in total. The van der Waals surface area contributed by atoms with Gasteiger partial charge in [0.2, 0.25) is 0 Å². The van der Waals surface area contributed by atoms with Gasteiger partial charge in [-0.15, -0.1) is 0 Å². The highest BCUT2D eigenvalue weighted by molar-refractivity contribution is 5.99. The van der Waals surface area contributed by atoms with Gasteiger partial charge >= 0.3 is 0 Å². The maximum Gasteiger partial charge on any atom is 0.289 e. The molecule has 2 N–H and O–H groups in total. The Bertz CT molecular complexity index is 871. The Kier molecular flexibility index (Phi) is 3.70. The second-order valence-corrected chi connectivity index (χ2v) is 7.58. The molecule has 5 heterocycles. The van der Waals surface area contributed by atoms with Crippen LogP contribution in [0.4, 0.5) is 0 Å². The minimum absolute atomic E-state index is 0.0854. The molecule has 26 heavy (non-hydrogen) atoms. The number of likely N-dealkylation sites (tertiary alicyclic amines) is 1. The Labute approximate surface area is 151 Å². The topological polar surface area (TPSA) is 87.5 Å². The van der Waals surface area contributed by atoms with Gasteiger partial charge in [-0.2, -0.15) is 0 Å². The molecule has 5 rings (SSSR count). The van der Waals surface area contributed by atoms with Crippen LogP contribution in [0.2, 0.25) is 0 Å². The standard InChI is InChI=1S/C19H22N4O3/c24-18(22-14-9-12-3-4-13(14)21-12)15-7-11-8-16(26-17(11)10-20-15)19(25)23-5-1-2-6-23/h7-8,10,12-14,21H,1-6,9H2,(H,22,24)/t12-,13+,14-/m1/s1. The van der Waals surface area contributed by atoms with Gasteiger partial charge in [0, 0.05) is 36.6 Å². The quantitative estimate of drug-likeness (QED) is 0.876. The molecule has 2 bridgehead atoms. The molecular weight excluding hydrogens is 332 g/mol. The second kappa shape index (κ2) is 6.09. The van der Waals surface area contributed by atoms with Crippen LogP contribution in [-0.4, -0.2) is 52.9 Å². The zero-order chi connectivity index (χ0) is 17.7. The number of rotatable bonds is 3. The molecule has 2 aromatic heterocycles. The third-order valence-corrected chi connectivity index (χ3v) is 5.86. The van der Waals surface area contributed by atoms with E-state index in [-0.39, 0.29) is 17.9 Å². The number of nitrogens with one attached hydrogen (secondary N) is 2. The number of hydrogen-bond acceptors (Lipinski definition) is 5. The summed E-state index contributed by atoms with van der Waals surface area (Å²) in [5, 5.41) is 7.35. The molecule has 0 radical (unpaired) electrons. The summed E-state index contributed by atoms with van der Waals surface area (Å²) in [6.45, 7) is 1.55. The van der Waals surface area contributed by atoms with Crippen LogP contribution in [0, 0.1) is 0 Å². The van der Waals surface area contributed by atoms with E-state index < -0.39 is 0 Å². The lowest BCUT2D eigenvalue weighted by atomic mass is 9.95. The molecule has 3 atom stereocenters. The minimum Gasteiger partial charge on any atom is -0.449 e. The largest absolute Gasteiger partial charge is 0.449 e. The first kappa shape index (κ1) is 15.8. The van der Waals surface area contributed by atoms with E-state index in [1.54, 1.807) is 17.0 Å². The third kappa shape index (κ3) is 2.67. The molecular formula is C19H22N4O3. The van der Waals surface area contributed by atoms with Crippen LogP contribution in [0.25, 0.3) is 11.0 Å². The molecule has 0 aliphatic carbocycles. The molecule has 0 aromatic carbocycles. The van der Waals surface area contributed by atoms with Crippen LogP contribution in [0.5, 0.6) is 0 Å². The average Bonchev–Trinajstić information content (AvgIpc) is 3.43. The smallest absolute Gasteiger partial charge is 0.289 e. The van der Waals surface area contributed by atoms with Crippen molar-refractivity contribution < 1.29 is 14.0 Å². The van der Waals surface area contributed by atoms with Crippen molar-refractivity contribution in [2.45, 2.75) is 50.2 Å². The fourth-order valence-electron chi connectivity index (χ4n) is 4.48. The van der Waals surface area contributed by atoms with Gasteiger partial charge in [-0.3, -0.25) is 9.59 Å². The summed E-state index contributed by atoms with van der Waals surface area (Å²) in [6, 6.07) is 4.51. The van der Waals surface area contributed by atoms with E-state index >= 15 is 0 Å². The zero-order valence-corrected chi connectivity index (χ0v) is 14.5. The van der Waals surface area contributed by atoms with E-state index in [9.17, 15) is 9.59 Å². The van der Waals surface area contributed by atoms with Gasteiger partial charge in [0.05, 0.1) is 6.20 Å². The Morgan fingerprint density at radius 2 is 2.08 bits per heavy atom. The molecule has 3 aliphatic heterocycles. The molecule has 0 unspecified atom stereocenters. The zero-order valence-electron chi connectivity index (χ0n) is 14.5. The van der Waals surface area contributed by atoms with Gasteiger partial charge in [-0.05, 0) is 44.2 Å². The molecule has 7 heteroatoms. The lowest BCUT2D eigenvalue weighted by molar-refractivity contribution is 0.0763. The summed E-state index contributed by atoms with van der Waals surface area (Å²) in [4.78, 5) is 31.1. The maximum atomic E-state index is 12.6. The van der Waals surface area contributed by atoms with Crippen molar-refractivity contribution in [2.75, 3.05) is 13.1 Å². The van der Waals surface area contributed by atoms with E-state index in [1.165, 1.54) is 12.6 Å². The molecule has 3 fully saturated rings. The number of furan rings is 1. The number of carbonyl (C=O) groups is 2. The Morgan fingerprint density at radius 3 is 2.81 bits per heavy atom. The molecule has 2 aromatic rings. The van der Waals surface area contributed by atoms with Gasteiger partial charge in [0.1, 0.15) is 5.69 Å². The fourth-order valence-corrected chi connectivity index (χ4v) is 4.48. The average molecular weight is 354 g/mol. The first-order valence-electron chi connectivity index (χ1n) is 9.43. The summed E-state index contributed by atoms with van der Waals surface area (Å²) in [7, 11) is 0. The summed E-state index contributed by atoms with van der Waals surface area (Å²) in [5.41, 5.74) is 0.895. The van der Waals surface area contributed by atoms with Crippen molar-refractivity contribution in [3.05, 3.63) is 29.8 Å². The molecule has 0 spiro atoms. The number of fused-ring (bicyclic) bond motifs is 3. The summed E-state index contributed by atoms with van der Waals surface area (Å²) < 4.78 is 5.66. The van der Waals surface area contributed by atoms with Gasteiger partial charge < -0.3 is 20.0 Å². The Morgan fingerprint density at radius 1 is 1.23 bits per heavy atom. The van der Waals surface area contributed by atoms with Crippen LogP contribution in [0.3, 0.4) is 0 Å². The number of nitrogens with zero attached hydrogens (tertiary/aromatic N) is 2. The Hall–Kier alpha value is -2.41. The van der Waals surface area contributed by atoms with E-state index in [1.807, 2.05) is 0 Å². The number of aromatic nitrogens is 1. The second-order valence-electron chi connectivity index (χ2n) is 7.58. The predicted octanol–water partition coefficient (Wildman–Crippen LogP) is 1.69. The first-order chi connectivity index (χ1) is 12.7. The molecule has 3 saturated heterocycles. The van der Waals surface area contributed by atoms with Crippen molar-refractivity contribution in [3.8, 4) is 0 Å². The van der Waals surface area contributed by atoms with Crippen molar-refractivity contribution in [1.82, 2.24) is 20.5 Å². The van der Waals surface area contributed by atoms with Gasteiger partial charge in [0.25, 0.3) is 11.8 Å². The summed E-state index contributed by atoms with van der Waals surface area (Å²) in [5.74, 6) is 0.0659. The molecule has 0 saturated carbocycles. The maximum absolute atomic E-state index is 12.6. The lowest BCUT2D eigenvalue weighted by Gasteiger charge is -2.21. The molecule has 3 aliphatic rings. The number of carbonyl (C=O) groups excluding carboxylic acids is 2. The molecule has 136 valence electrons. The monoisotopic (exact) mass is 354 g/mol.